The molecular weight excluding hydrogens is 418 g/mol. The Balaban J connectivity index is 1.33. The van der Waals surface area contributed by atoms with Crippen LogP contribution >= 0.6 is 0 Å². The summed E-state index contributed by atoms with van der Waals surface area (Å²) in [5, 5.41) is 8.50. The fraction of sp³-hybridized carbons (Fsp3) is 0.280. The standard InChI is InChI=1S/C25H25N5O3/c1-29-15-19(14-26-29)23-21(12-13-22(31)30(23)2)25-27-24(28-33-25)18-10-8-17(9-11-18)16-32-20-6-4-3-5-7-20/h3-11,14-15,21,23H,12-13,16H2,1-2H3/t21-,23-/m0/s1. The van der Waals surface area contributed by atoms with E-state index in [0.29, 0.717) is 31.2 Å². The van der Waals surface area contributed by atoms with Gasteiger partial charge in [-0.3, -0.25) is 9.48 Å². The smallest absolute Gasteiger partial charge is 0.232 e. The summed E-state index contributed by atoms with van der Waals surface area (Å²) < 4.78 is 13.2. The highest BCUT2D eigenvalue weighted by Gasteiger charge is 2.39. The number of aryl methyl sites for hydroxylation is 1. The van der Waals surface area contributed by atoms with E-state index in [0.717, 1.165) is 22.4 Å². The topological polar surface area (TPSA) is 86.3 Å². The first-order valence-corrected chi connectivity index (χ1v) is 10.9. The molecule has 8 heteroatoms. The van der Waals surface area contributed by atoms with Crippen molar-refractivity contribution < 1.29 is 14.1 Å². The summed E-state index contributed by atoms with van der Waals surface area (Å²) in [5.74, 6) is 1.92. The maximum atomic E-state index is 12.4. The van der Waals surface area contributed by atoms with Crippen molar-refractivity contribution in [1.82, 2.24) is 24.8 Å². The van der Waals surface area contributed by atoms with E-state index in [-0.39, 0.29) is 17.9 Å². The summed E-state index contributed by atoms with van der Waals surface area (Å²) >= 11 is 0. The van der Waals surface area contributed by atoms with Crippen LogP contribution in [0.3, 0.4) is 0 Å². The molecule has 1 saturated heterocycles. The first kappa shape index (κ1) is 20.9. The van der Waals surface area contributed by atoms with Crippen molar-refractivity contribution >= 4 is 5.91 Å². The Hall–Kier alpha value is -3.94. The minimum atomic E-state index is -0.189. The summed E-state index contributed by atoms with van der Waals surface area (Å²) in [4.78, 5) is 18.8. The van der Waals surface area contributed by atoms with E-state index in [1.54, 1.807) is 15.8 Å². The molecule has 0 N–H and O–H groups in total. The number of carbonyl (C=O) groups is 1. The Morgan fingerprint density at radius 1 is 1.09 bits per heavy atom. The van der Waals surface area contributed by atoms with Crippen LogP contribution in [0.2, 0.25) is 0 Å². The Kier molecular flexibility index (Phi) is 5.64. The van der Waals surface area contributed by atoms with Gasteiger partial charge in [-0.25, -0.2) is 0 Å². The largest absolute Gasteiger partial charge is 0.489 e. The zero-order chi connectivity index (χ0) is 22.8. The molecule has 0 radical (unpaired) electrons. The third kappa shape index (κ3) is 4.37. The molecule has 1 amide bonds. The number of piperidine rings is 1. The van der Waals surface area contributed by atoms with Gasteiger partial charge in [0.2, 0.25) is 17.6 Å². The molecule has 1 fully saturated rings. The molecular formula is C25H25N5O3. The molecule has 168 valence electrons. The number of aromatic nitrogens is 4. The number of likely N-dealkylation sites (N-methyl/N-ethyl adjacent to an activating group) is 1. The molecule has 0 bridgehead atoms. The highest BCUT2D eigenvalue weighted by atomic mass is 16.5. The second-order valence-electron chi connectivity index (χ2n) is 8.30. The Morgan fingerprint density at radius 3 is 2.61 bits per heavy atom. The Labute approximate surface area is 191 Å². The molecule has 2 atom stereocenters. The van der Waals surface area contributed by atoms with Crippen LogP contribution in [0.5, 0.6) is 5.75 Å². The molecule has 0 saturated carbocycles. The van der Waals surface area contributed by atoms with Gasteiger partial charge in [-0.2, -0.15) is 10.1 Å². The monoisotopic (exact) mass is 443 g/mol. The number of ether oxygens (including phenoxy) is 1. The molecule has 8 nitrogen and oxygen atoms in total. The van der Waals surface area contributed by atoms with E-state index in [9.17, 15) is 4.79 Å². The predicted octanol–water partition coefficient (Wildman–Crippen LogP) is 4.13. The number of benzene rings is 2. The molecule has 0 unspecified atom stereocenters. The van der Waals surface area contributed by atoms with Gasteiger partial charge in [-0.05, 0) is 24.1 Å². The number of likely N-dealkylation sites (tertiary alicyclic amines) is 1. The number of para-hydroxylation sites is 1. The number of rotatable bonds is 6. The van der Waals surface area contributed by atoms with Crippen LogP contribution in [0.4, 0.5) is 0 Å². The van der Waals surface area contributed by atoms with Crippen LogP contribution in [0.15, 0.2) is 71.5 Å². The van der Waals surface area contributed by atoms with Gasteiger partial charge >= 0.3 is 0 Å². The minimum Gasteiger partial charge on any atom is -0.489 e. The number of nitrogens with zero attached hydrogens (tertiary/aromatic N) is 5. The molecule has 5 rings (SSSR count). The maximum absolute atomic E-state index is 12.4. The lowest BCUT2D eigenvalue weighted by Crippen LogP contribution is -2.39. The van der Waals surface area contributed by atoms with Crippen LogP contribution < -0.4 is 4.74 Å². The van der Waals surface area contributed by atoms with Gasteiger partial charge in [-0.15, -0.1) is 0 Å². The molecule has 33 heavy (non-hydrogen) atoms. The van der Waals surface area contributed by atoms with Crippen molar-refractivity contribution in [3.63, 3.8) is 0 Å². The lowest BCUT2D eigenvalue weighted by atomic mass is 9.85. The van der Waals surface area contributed by atoms with Crippen LogP contribution in [0.25, 0.3) is 11.4 Å². The van der Waals surface area contributed by atoms with E-state index >= 15 is 0 Å². The van der Waals surface area contributed by atoms with Gasteiger partial charge in [0.15, 0.2) is 0 Å². The molecule has 3 heterocycles. The van der Waals surface area contributed by atoms with E-state index in [1.165, 1.54) is 0 Å². The van der Waals surface area contributed by atoms with Crippen molar-refractivity contribution in [2.24, 2.45) is 7.05 Å². The number of amides is 1. The van der Waals surface area contributed by atoms with E-state index in [2.05, 4.69) is 10.3 Å². The first-order chi connectivity index (χ1) is 16.1. The first-order valence-electron chi connectivity index (χ1n) is 10.9. The third-order valence-electron chi connectivity index (χ3n) is 6.05. The molecule has 2 aromatic heterocycles. The third-order valence-corrected chi connectivity index (χ3v) is 6.05. The molecule has 1 aliphatic heterocycles. The molecule has 0 aliphatic carbocycles. The SMILES string of the molecule is CN1C(=O)CC[C@H](c2nc(-c3ccc(COc4ccccc4)cc3)no2)[C@@H]1c1cnn(C)c1. The summed E-state index contributed by atoms with van der Waals surface area (Å²) in [6.45, 7) is 0.483. The van der Waals surface area contributed by atoms with Crippen molar-refractivity contribution in [1.29, 1.82) is 0 Å². The van der Waals surface area contributed by atoms with Crippen LogP contribution in [-0.2, 0) is 18.4 Å². The predicted molar refractivity (Wildman–Crippen MR) is 121 cm³/mol. The minimum absolute atomic E-state index is 0.0864. The second-order valence-corrected chi connectivity index (χ2v) is 8.30. The second kappa shape index (κ2) is 8.90. The molecule has 1 aliphatic rings. The molecule has 4 aromatic rings. The average Bonchev–Trinajstić information content (AvgIpc) is 3.50. The highest BCUT2D eigenvalue weighted by Crippen LogP contribution is 2.41. The fourth-order valence-electron chi connectivity index (χ4n) is 4.28. The maximum Gasteiger partial charge on any atom is 0.232 e. The summed E-state index contributed by atoms with van der Waals surface area (Å²) in [6.07, 6.45) is 4.83. The highest BCUT2D eigenvalue weighted by molar-refractivity contribution is 5.77. The van der Waals surface area contributed by atoms with Crippen molar-refractivity contribution in [2.45, 2.75) is 31.4 Å². The lowest BCUT2D eigenvalue weighted by Gasteiger charge is -2.36. The number of hydrogen-bond donors (Lipinski definition) is 0. The van der Waals surface area contributed by atoms with Crippen LogP contribution in [0, 0.1) is 0 Å². The van der Waals surface area contributed by atoms with Crippen molar-refractivity contribution in [2.75, 3.05) is 7.05 Å². The summed E-state index contributed by atoms with van der Waals surface area (Å²) in [7, 11) is 3.68. The molecule has 0 spiro atoms. The zero-order valence-corrected chi connectivity index (χ0v) is 18.6. The van der Waals surface area contributed by atoms with Gasteiger partial charge in [0.25, 0.3) is 0 Å². The van der Waals surface area contributed by atoms with Crippen molar-refractivity contribution in [3.05, 3.63) is 84.0 Å². The fourth-order valence-corrected chi connectivity index (χ4v) is 4.28. The van der Waals surface area contributed by atoms with Gasteiger partial charge in [0.1, 0.15) is 12.4 Å². The van der Waals surface area contributed by atoms with Gasteiger partial charge in [0.05, 0.1) is 18.2 Å². The van der Waals surface area contributed by atoms with Gasteiger partial charge in [0, 0.05) is 37.8 Å². The number of hydrogen-bond acceptors (Lipinski definition) is 6. The van der Waals surface area contributed by atoms with E-state index in [4.69, 9.17) is 14.2 Å². The summed E-state index contributed by atoms with van der Waals surface area (Å²) in [5.41, 5.74) is 2.88. The quantitative estimate of drug-likeness (QED) is 0.445. The normalized spacial score (nSPS) is 18.5. The molecule has 2 aromatic carbocycles. The Morgan fingerprint density at radius 2 is 1.88 bits per heavy atom. The van der Waals surface area contributed by atoms with Crippen LogP contribution in [-0.4, -0.2) is 37.8 Å². The van der Waals surface area contributed by atoms with Crippen LogP contribution in [0.1, 0.15) is 41.8 Å². The van der Waals surface area contributed by atoms with E-state index < -0.39 is 0 Å². The average molecular weight is 444 g/mol. The zero-order valence-electron chi connectivity index (χ0n) is 18.6. The lowest BCUT2D eigenvalue weighted by molar-refractivity contribution is -0.135. The van der Waals surface area contributed by atoms with Gasteiger partial charge < -0.3 is 14.2 Å². The van der Waals surface area contributed by atoms with Crippen molar-refractivity contribution in [3.8, 4) is 17.1 Å². The van der Waals surface area contributed by atoms with E-state index in [1.807, 2.05) is 74.9 Å². The Bertz CT molecular complexity index is 1230. The number of carbonyl (C=O) groups excluding carboxylic acids is 1. The summed E-state index contributed by atoms with van der Waals surface area (Å²) in [6, 6.07) is 17.5. The van der Waals surface area contributed by atoms with Gasteiger partial charge in [-0.1, -0.05) is 47.6 Å².